The van der Waals surface area contributed by atoms with Crippen LogP contribution in [0.1, 0.15) is 12.8 Å². The molecule has 2 aliphatic rings. The van der Waals surface area contributed by atoms with Crippen molar-refractivity contribution >= 4 is 33.2 Å². The van der Waals surface area contributed by atoms with E-state index in [1.54, 1.807) is 17.5 Å². The quantitative estimate of drug-likeness (QED) is 0.783. The molecule has 114 valence electrons. The van der Waals surface area contributed by atoms with Crippen LogP contribution in [0, 0.1) is 0 Å². The Kier molecular flexibility index (Phi) is 3.72. The third-order valence-corrected chi connectivity index (χ3v) is 6.64. The molecular weight excluding hydrogens is 314 g/mol. The molecule has 2 amide bonds. The van der Waals surface area contributed by atoms with E-state index in [1.807, 2.05) is 0 Å². The summed E-state index contributed by atoms with van der Waals surface area (Å²) >= 11 is 1.15. The third-order valence-electron chi connectivity index (χ3n) is 3.72. The highest BCUT2D eigenvalue weighted by Gasteiger charge is 2.40. The van der Waals surface area contributed by atoms with Gasteiger partial charge in [0.25, 0.3) is 0 Å². The fourth-order valence-corrected chi connectivity index (χ4v) is 4.99. The zero-order valence-electron chi connectivity index (χ0n) is 11.1. The minimum absolute atomic E-state index is 0.0287. The maximum atomic E-state index is 12.2. The first-order valence-electron chi connectivity index (χ1n) is 6.60. The zero-order valence-corrected chi connectivity index (χ0v) is 12.7. The van der Waals surface area contributed by atoms with Gasteiger partial charge in [-0.1, -0.05) is 6.07 Å². The van der Waals surface area contributed by atoms with Gasteiger partial charge in [0.05, 0.1) is 6.54 Å². The van der Waals surface area contributed by atoms with Crippen LogP contribution in [0.3, 0.4) is 0 Å². The zero-order chi connectivity index (χ0) is 15.0. The number of carbonyl (C=O) groups excluding carboxylic acids is 2. The van der Waals surface area contributed by atoms with Crippen molar-refractivity contribution in [2.24, 2.45) is 0 Å². The lowest BCUT2D eigenvalue weighted by Crippen LogP contribution is -2.63. The van der Waals surface area contributed by atoms with E-state index < -0.39 is 16.1 Å². The predicted molar refractivity (Wildman–Crippen MR) is 76.2 cm³/mol. The third kappa shape index (κ3) is 2.81. The average Bonchev–Trinajstić information content (AvgIpc) is 2.98. The van der Waals surface area contributed by atoms with Gasteiger partial charge in [-0.2, -0.15) is 0 Å². The Morgan fingerprint density at radius 3 is 2.90 bits per heavy atom. The van der Waals surface area contributed by atoms with Gasteiger partial charge in [-0.15, -0.1) is 11.3 Å². The summed E-state index contributed by atoms with van der Waals surface area (Å²) < 4.78 is 27.3. The maximum Gasteiger partial charge on any atom is 0.250 e. The highest BCUT2D eigenvalue weighted by atomic mass is 32.2. The van der Waals surface area contributed by atoms with Crippen LogP contribution in [-0.2, 0) is 19.6 Å². The summed E-state index contributed by atoms with van der Waals surface area (Å²) in [6.07, 6.45) is 0.822. The predicted octanol–water partition coefficient (Wildman–Crippen LogP) is -0.484. The van der Waals surface area contributed by atoms with Crippen molar-refractivity contribution in [1.82, 2.24) is 14.9 Å². The summed E-state index contributed by atoms with van der Waals surface area (Å²) in [5.74, 6) is -0.325. The van der Waals surface area contributed by atoms with Crippen molar-refractivity contribution in [2.75, 3.05) is 13.1 Å². The van der Waals surface area contributed by atoms with Crippen molar-refractivity contribution in [3.05, 3.63) is 17.5 Å². The molecular formula is C12H15N3O4S2. The molecule has 2 saturated heterocycles. The van der Waals surface area contributed by atoms with Gasteiger partial charge in [0.2, 0.25) is 21.8 Å². The van der Waals surface area contributed by atoms with Gasteiger partial charge < -0.3 is 10.2 Å². The first-order valence-corrected chi connectivity index (χ1v) is 8.97. The molecule has 9 heteroatoms. The molecule has 2 N–H and O–H groups in total. The van der Waals surface area contributed by atoms with Gasteiger partial charge >= 0.3 is 0 Å². The standard InChI is InChI=1S/C12H15N3O4S2/c16-10-7-13-12(17)9-6-8(3-4-15(9)10)14-21(18,19)11-2-1-5-20-11/h1-2,5,8-9,14H,3-4,6-7H2,(H,13,17). The topological polar surface area (TPSA) is 95.6 Å². The summed E-state index contributed by atoms with van der Waals surface area (Å²) in [6, 6.07) is 2.31. The Morgan fingerprint density at radius 2 is 2.19 bits per heavy atom. The van der Waals surface area contributed by atoms with Gasteiger partial charge in [0.15, 0.2) is 0 Å². The SMILES string of the molecule is O=C1NCC(=O)N2CCC(NS(=O)(=O)c3cccs3)CC12. The second-order valence-electron chi connectivity index (χ2n) is 5.10. The van der Waals surface area contributed by atoms with E-state index >= 15 is 0 Å². The Balaban J connectivity index is 1.72. The van der Waals surface area contributed by atoms with Crippen molar-refractivity contribution in [1.29, 1.82) is 0 Å². The molecule has 0 spiro atoms. The van der Waals surface area contributed by atoms with Crippen molar-refractivity contribution < 1.29 is 18.0 Å². The van der Waals surface area contributed by atoms with Crippen LogP contribution in [-0.4, -0.2) is 50.3 Å². The lowest BCUT2D eigenvalue weighted by Gasteiger charge is -2.41. The Bertz CT molecular complexity index is 656. The Hall–Kier alpha value is -1.45. The normalized spacial score (nSPS) is 26.4. The summed E-state index contributed by atoms with van der Waals surface area (Å²) in [7, 11) is -3.55. The van der Waals surface area contributed by atoms with Gasteiger partial charge in [-0.3, -0.25) is 9.59 Å². The highest BCUT2D eigenvalue weighted by Crippen LogP contribution is 2.23. The summed E-state index contributed by atoms with van der Waals surface area (Å²) in [5.41, 5.74) is 0. The average molecular weight is 329 g/mol. The first kappa shape index (κ1) is 14.5. The van der Waals surface area contributed by atoms with Crippen LogP contribution in [0.25, 0.3) is 0 Å². The fourth-order valence-electron chi connectivity index (χ4n) is 2.70. The monoisotopic (exact) mass is 329 g/mol. The number of carbonyl (C=O) groups is 2. The first-order chi connectivity index (χ1) is 9.97. The summed E-state index contributed by atoms with van der Waals surface area (Å²) in [4.78, 5) is 25.1. The lowest BCUT2D eigenvalue weighted by molar-refractivity contribution is -0.147. The van der Waals surface area contributed by atoms with E-state index in [-0.39, 0.29) is 28.6 Å². The minimum Gasteiger partial charge on any atom is -0.345 e. The van der Waals surface area contributed by atoms with Crippen LogP contribution in [0.2, 0.25) is 0 Å². The molecule has 0 saturated carbocycles. The second kappa shape index (κ2) is 5.39. The molecule has 0 bridgehead atoms. The number of nitrogens with one attached hydrogen (secondary N) is 2. The largest absolute Gasteiger partial charge is 0.345 e. The second-order valence-corrected chi connectivity index (χ2v) is 7.98. The molecule has 2 aliphatic heterocycles. The smallest absolute Gasteiger partial charge is 0.250 e. The van der Waals surface area contributed by atoms with Crippen LogP contribution in [0.5, 0.6) is 0 Å². The van der Waals surface area contributed by atoms with Crippen molar-refractivity contribution in [2.45, 2.75) is 29.1 Å². The number of sulfonamides is 1. The molecule has 2 atom stereocenters. The number of thiophene rings is 1. The number of hydrogen-bond donors (Lipinski definition) is 2. The summed E-state index contributed by atoms with van der Waals surface area (Å²) in [6.45, 7) is 0.426. The van der Waals surface area contributed by atoms with Gasteiger partial charge in [-0.25, -0.2) is 13.1 Å². The number of rotatable bonds is 3. The molecule has 0 aromatic carbocycles. The molecule has 2 fully saturated rings. The number of hydrogen-bond acceptors (Lipinski definition) is 5. The molecule has 1 aromatic rings. The van der Waals surface area contributed by atoms with Crippen LogP contribution >= 0.6 is 11.3 Å². The number of nitrogens with zero attached hydrogens (tertiary/aromatic N) is 1. The molecule has 2 unspecified atom stereocenters. The molecule has 0 aliphatic carbocycles. The Labute approximate surface area is 126 Å². The molecule has 7 nitrogen and oxygen atoms in total. The van der Waals surface area contributed by atoms with Crippen LogP contribution in [0.4, 0.5) is 0 Å². The number of piperidine rings is 1. The maximum absolute atomic E-state index is 12.2. The van der Waals surface area contributed by atoms with Crippen LogP contribution < -0.4 is 10.0 Å². The molecule has 0 radical (unpaired) electrons. The van der Waals surface area contributed by atoms with Crippen molar-refractivity contribution in [3.8, 4) is 0 Å². The van der Waals surface area contributed by atoms with Gasteiger partial charge in [-0.05, 0) is 24.3 Å². The molecule has 21 heavy (non-hydrogen) atoms. The van der Waals surface area contributed by atoms with Crippen LogP contribution in [0.15, 0.2) is 21.7 Å². The Morgan fingerprint density at radius 1 is 1.38 bits per heavy atom. The van der Waals surface area contributed by atoms with E-state index in [0.717, 1.165) is 11.3 Å². The van der Waals surface area contributed by atoms with E-state index in [9.17, 15) is 18.0 Å². The number of amides is 2. The van der Waals surface area contributed by atoms with Gasteiger partial charge in [0, 0.05) is 12.6 Å². The van der Waals surface area contributed by atoms with Gasteiger partial charge in [0.1, 0.15) is 10.3 Å². The number of fused-ring (bicyclic) bond motifs is 1. The lowest BCUT2D eigenvalue weighted by atomic mass is 9.95. The van der Waals surface area contributed by atoms with Crippen molar-refractivity contribution in [3.63, 3.8) is 0 Å². The molecule has 3 heterocycles. The molecule has 1 aromatic heterocycles. The fraction of sp³-hybridized carbons (Fsp3) is 0.500. The van der Waals surface area contributed by atoms with E-state index in [2.05, 4.69) is 10.0 Å². The van der Waals surface area contributed by atoms with E-state index in [1.165, 1.54) is 4.90 Å². The van der Waals surface area contributed by atoms with E-state index in [4.69, 9.17) is 0 Å². The van der Waals surface area contributed by atoms with E-state index in [0.29, 0.717) is 19.4 Å². The highest BCUT2D eigenvalue weighted by molar-refractivity contribution is 7.91. The number of piperazine rings is 1. The summed E-state index contributed by atoms with van der Waals surface area (Å²) in [5, 5.41) is 4.24. The molecule has 3 rings (SSSR count). The minimum atomic E-state index is -3.55.